The highest BCUT2D eigenvalue weighted by Gasteiger charge is 2.24. The minimum absolute atomic E-state index is 0.0273. The van der Waals surface area contributed by atoms with Gasteiger partial charge in [-0.3, -0.25) is 9.59 Å². The van der Waals surface area contributed by atoms with Crippen LogP contribution in [0.1, 0.15) is 12.8 Å². The number of pyridine rings is 1. The standard InChI is InChI=1S/C14H20BrN3O4S/c1-23(21,22)18-6-4-11(5-7-18)8-16-13(19)10-17-9-12(15)2-3-14(17)20/h2-3,9,11H,4-8,10H2,1H3,(H,16,19). The second-order valence-corrected chi connectivity index (χ2v) is 8.62. The number of amides is 1. The first-order valence-electron chi connectivity index (χ1n) is 7.33. The van der Waals surface area contributed by atoms with Crippen LogP contribution < -0.4 is 10.9 Å². The van der Waals surface area contributed by atoms with Crippen LogP contribution in [-0.4, -0.2) is 49.1 Å². The number of piperidine rings is 1. The second kappa shape index (κ2) is 7.59. The smallest absolute Gasteiger partial charge is 0.251 e. The van der Waals surface area contributed by atoms with E-state index in [0.717, 1.165) is 17.3 Å². The van der Waals surface area contributed by atoms with Gasteiger partial charge in [-0.15, -0.1) is 0 Å². The molecule has 23 heavy (non-hydrogen) atoms. The first kappa shape index (κ1) is 18.2. The van der Waals surface area contributed by atoms with Crippen LogP contribution in [0.3, 0.4) is 0 Å². The molecule has 0 bridgehead atoms. The molecule has 1 fully saturated rings. The maximum Gasteiger partial charge on any atom is 0.251 e. The molecule has 1 aromatic heterocycles. The molecule has 0 atom stereocenters. The lowest BCUT2D eigenvalue weighted by Crippen LogP contribution is -2.41. The van der Waals surface area contributed by atoms with Gasteiger partial charge in [-0.05, 0) is 40.8 Å². The Kier molecular flexibility index (Phi) is 5.99. The average molecular weight is 406 g/mol. The normalized spacial score (nSPS) is 17.1. The summed E-state index contributed by atoms with van der Waals surface area (Å²) in [5.41, 5.74) is -0.232. The molecule has 128 valence electrons. The molecule has 7 nitrogen and oxygen atoms in total. The van der Waals surface area contributed by atoms with E-state index in [1.165, 1.54) is 21.2 Å². The van der Waals surface area contributed by atoms with E-state index in [0.29, 0.717) is 19.6 Å². The van der Waals surface area contributed by atoms with Gasteiger partial charge in [0.15, 0.2) is 0 Å². The Morgan fingerprint density at radius 2 is 2.00 bits per heavy atom. The van der Waals surface area contributed by atoms with Gasteiger partial charge in [0.2, 0.25) is 15.9 Å². The van der Waals surface area contributed by atoms with Gasteiger partial charge < -0.3 is 9.88 Å². The van der Waals surface area contributed by atoms with Crippen molar-refractivity contribution in [2.45, 2.75) is 19.4 Å². The summed E-state index contributed by atoms with van der Waals surface area (Å²) in [6.07, 6.45) is 4.24. The highest BCUT2D eigenvalue weighted by atomic mass is 79.9. The Labute approximate surface area is 143 Å². The van der Waals surface area contributed by atoms with E-state index in [1.54, 1.807) is 12.3 Å². The number of hydrogen-bond acceptors (Lipinski definition) is 4. The number of carbonyl (C=O) groups is 1. The van der Waals surface area contributed by atoms with Gasteiger partial charge in [0.25, 0.3) is 5.56 Å². The number of sulfonamides is 1. The zero-order valence-electron chi connectivity index (χ0n) is 12.9. The van der Waals surface area contributed by atoms with Crippen LogP contribution in [0.2, 0.25) is 0 Å². The number of nitrogens with zero attached hydrogens (tertiary/aromatic N) is 2. The molecule has 0 unspecified atom stereocenters. The van der Waals surface area contributed by atoms with Gasteiger partial charge in [-0.25, -0.2) is 12.7 Å². The van der Waals surface area contributed by atoms with Crippen LogP contribution >= 0.6 is 15.9 Å². The molecule has 1 saturated heterocycles. The lowest BCUT2D eigenvalue weighted by atomic mass is 9.98. The number of rotatable bonds is 5. The van der Waals surface area contributed by atoms with E-state index < -0.39 is 10.0 Å². The van der Waals surface area contributed by atoms with Crippen LogP contribution in [-0.2, 0) is 21.4 Å². The fourth-order valence-corrected chi connectivity index (χ4v) is 3.79. The van der Waals surface area contributed by atoms with Crippen molar-refractivity contribution in [3.63, 3.8) is 0 Å². The van der Waals surface area contributed by atoms with Crippen molar-refractivity contribution in [1.82, 2.24) is 14.2 Å². The second-order valence-electron chi connectivity index (χ2n) is 5.72. The summed E-state index contributed by atoms with van der Waals surface area (Å²) in [4.78, 5) is 23.6. The molecule has 1 N–H and O–H groups in total. The summed E-state index contributed by atoms with van der Waals surface area (Å²) in [6, 6.07) is 3.03. The third kappa shape index (κ3) is 5.43. The Balaban J connectivity index is 1.80. The van der Waals surface area contributed by atoms with E-state index >= 15 is 0 Å². The topological polar surface area (TPSA) is 88.5 Å². The molecule has 2 heterocycles. The average Bonchev–Trinajstić information content (AvgIpc) is 2.48. The quantitative estimate of drug-likeness (QED) is 0.767. The first-order valence-corrected chi connectivity index (χ1v) is 9.97. The molecule has 1 aliphatic heterocycles. The molecule has 1 amide bonds. The van der Waals surface area contributed by atoms with Crippen molar-refractivity contribution in [3.8, 4) is 0 Å². The zero-order chi connectivity index (χ0) is 17.0. The number of aromatic nitrogens is 1. The molecule has 0 aliphatic carbocycles. The molecule has 0 aromatic carbocycles. The third-order valence-corrected chi connectivity index (χ3v) is 5.66. The highest BCUT2D eigenvalue weighted by Crippen LogP contribution is 2.18. The largest absolute Gasteiger partial charge is 0.354 e. The SMILES string of the molecule is CS(=O)(=O)N1CCC(CNC(=O)Cn2cc(Br)ccc2=O)CC1. The lowest BCUT2D eigenvalue weighted by Gasteiger charge is -2.30. The predicted molar refractivity (Wildman–Crippen MR) is 90.6 cm³/mol. The Hall–Kier alpha value is -1.19. The monoisotopic (exact) mass is 405 g/mol. The lowest BCUT2D eigenvalue weighted by molar-refractivity contribution is -0.122. The summed E-state index contributed by atoms with van der Waals surface area (Å²) in [5, 5.41) is 2.82. The van der Waals surface area contributed by atoms with Gasteiger partial charge in [-0.1, -0.05) is 0 Å². The Morgan fingerprint density at radius 1 is 1.35 bits per heavy atom. The van der Waals surface area contributed by atoms with Gasteiger partial charge in [0, 0.05) is 36.4 Å². The van der Waals surface area contributed by atoms with Crippen LogP contribution in [0.5, 0.6) is 0 Å². The summed E-state index contributed by atoms with van der Waals surface area (Å²) in [5.74, 6) is 0.0342. The van der Waals surface area contributed by atoms with Crippen molar-refractivity contribution >= 4 is 31.9 Å². The maximum absolute atomic E-state index is 11.9. The van der Waals surface area contributed by atoms with Gasteiger partial charge in [0.1, 0.15) is 6.54 Å². The molecule has 0 radical (unpaired) electrons. The van der Waals surface area contributed by atoms with E-state index in [2.05, 4.69) is 21.2 Å². The van der Waals surface area contributed by atoms with Gasteiger partial charge >= 0.3 is 0 Å². The molecular formula is C14H20BrN3O4S. The highest BCUT2D eigenvalue weighted by molar-refractivity contribution is 9.10. The molecule has 0 spiro atoms. The van der Waals surface area contributed by atoms with E-state index in [1.807, 2.05) is 0 Å². The first-order chi connectivity index (χ1) is 10.8. The molecule has 1 aromatic rings. The number of carbonyl (C=O) groups excluding carboxylic acids is 1. The molecule has 1 aliphatic rings. The molecular weight excluding hydrogens is 386 g/mol. The van der Waals surface area contributed by atoms with E-state index in [-0.39, 0.29) is 23.9 Å². The van der Waals surface area contributed by atoms with Gasteiger partial charge in [0.05, 0.1) is 6.26 Å². The molecule has 9 heteroatoms. The molecule has 2 rings (SSSR count). The maximum atomic E-state index is 11.9. The minimum atomic E-state index is -3.13. The summed E-state index contributed by atoms with van der Waals surface area (Å²) in [6.45, 7) is 1.45. The Morgan fingerprint density at radius 3 is 2.61 bits per heavy atom. The minimum Gasteiger partial charge on any atom is -0.354 e. The number of halogens is 1. The van der Waals surface area contributed by atoms with Crippen molar-refractivity contribution in [1.29, 1.82) is 0 Å². The molecule has 0 saturated carbocycles. The summed E-state index contributed by atoms with van der Waals surface area (Å²) in [7, 11) is -3.13. The zero-order valence-corrected chi connectivity index (χ0v) is 15.3. The van der Waals surface area contributed by atoms with Crippen molar-refractivity contribution in [3.05, 3.63) is 33.2 Å². The summed E-state index contributed by atoms with van der Waals surface area (Å²) < 4.78 is 26.4. The van der Waals surface area contributed by atoms with Gasteiger partial charge in [-0.2, -0.15) is 0 Å². The third-order valence-electron chi connectivity index (χ3n) is 3.89. The fraction of sp³-hybridized carbons (Fsp3) is 0.571. The number of nitrogens with one attached hydrogen (secondary N) is 1. The van der Waals surface area contributed by atoms with Crippen molar-refractivity contribution in [2.75, 3.05) is 25.9 Å². The summed E-state index contributed by atoms with van der Waals surface area (Å²) >= 11 is 3.26. The van der Waals surface area contributed by atoms with Crippen molar-refractivity contribution < 1.29 is 13.2 Å². The van der Waals surface area contributed by atoms with Crippen LogP contribution in [0.4, 0.5) is 0 Å². The number of hydrogen-bond donors (Lipinski definition) is 1. The Bertz CT molecular complexity index is 724. The van der Waals surface area contributed by atoms with E-state index in [9.17, 15) is 18.0 Å². The van der Waals surface area contributed by atoms with E-state index in [4.69, 9.17) is 0 Å². The van der Waals surface area contributed by atoms with Crippen LogP contribution in [0, 0.1) is 5.92 Å². The van der Waals surface area contributed by atoms with Crippen LogP contribution in [0.15, 0.2) is 27.6 Å². The predicted octanol–water partition coefficient (Wildman–Crippen LogP) is 0.399. The van der Waals surface area contributed by atoms with Crippen molar-refractivity contribution in [2.24, 2.45) is 5.92 Å². The van der Waals surface area contributed by atoms with Crippen LogP contribution in [0.25, 0.3) is 0 Å². The fourth-order valence-electron chi connectivity index (χ4n) is 2.54.